The van der Waals surface area contributed by atoms with Gasteiger partial charge in [0.25, 0.3) is 0 Å². The lowest BCUT2D eigenvalue weighted by Gasteiger charge is -2.20. The number of nitrogens with zero attached hydrogens (tertiary/aromatic N) is 2. The number of para-hydroxylation sites is 1. The molecule has 4 aromatic rings. The number of ketones is 2. The Bertz CT molecular complexity index is 1410. The molecule has 0 saturated carbocycles. The van der Waals surface area contributed by atoms with Gasteiger partial charge in [-0.1, -0.05) is 109 Å². The fourth-order valence-corrected chi connectivity index (χ4v) is 5.61. The lowest BCUT2D eigenvalue weighted by molar-refractivity contribution is -0.481. The average Bonchev–Trinajstić information content (AvgIpc) is 3.29. The molecule has 1 aliphatic heterocycles. The summed E-state index contributed by atoms with van der Waals surface area (Å²) in [5, 5.41) is 0. The van der Waals surface area contributed by atoms with Crippen molar-refractivity contribution >= 4 is 35.9 Å². The molecule has 0 N–H and O–H groups in total. The summed E-state index contributed by atoms with van der Waals surface area (Å²) < 4.78 is 3.64. The maximum Gasteiger partial charge on any atom is 0.334 e. The summed E-state index contributed by atoms with van der Waals surface area (Å²) >= 11 is 4.85. The molecule has 0 fully saturated rings. The summed E-state index contributed by atoms with van der Waals surface area (Å²) in [6, 6.07) is 38.8. The first kappa shape index (κ1) is 25.7. The van der Waals surface area contributed by atoms with Gasteiger partial charge in [0.1, 0.15) is 5.69 Å². The van der Waals surface area contributed by atoms with Crippen LogP contribution in [-0.2, 0) is 22.4 Å². The summed E-state index contributed by atoms with van der Waals surface area (Å²) in [6.07, 6.45) is 1.95. The Morgan fingerprint density at radius 3 is 1.68 bits per heavy atom. The van der Waals surface area contributed by atoms with E-state index in [0.29, 0.717) is 31.5 Å². The Morgan fingerprint density at radius 1 is 0.658 bits per heavy atom. The van der Waals surface area contributed by atoms with E-state index in [9.17, 15) is 9.59 Å². The van der Waals surface area contributed by atoms with Gasteiger partial charge in [0.15, 0.2) is 11.8 Å². The third-order valence-corrected chi connectivity index (χ3v) is 7.47. The standard InChI is InChI=1S/C33H31N2O2S/c36-29(23-21-25-13-5-1-6-14-25)32-31(27-17-9-3-10-18-27)34(28-19-11-4-12-20-28)33(35(32)38)30(37)24-22-26-15-7-2-8-16-26/h1-20,31-32,38H,21-24H2/q+1. The molecule has 2 unspecified atom stereocenters. The molecule has 0 saturated heterocycles. The van der Waals surface area contributed by atoms with Crippen LogP contribution in [0.2, 0.25) is 0 Å². The minimum absolute atomic E-state index is 0.0352. The van der Waals surface area contributed by atoms with Crippen LogP contribution in [0.5, 0.6) is 0 Å². The van der Waals surface area contributed by atoms with E-state index in [1.165, 1.54) is 0 Å². The Kier molecular flexibility index (Phi) is 8.15. The Hall–Kier alpha value is -3.96. The fraction of sp³-hybridized carbons (Fsp3) is 0.182. The van der Waals surface area contributed by atoms with Crippen LogP contribution < -0.4 is 0 Å². The van der Waals surface area contributed by atoms with Crippen LogP contribution in [0, 0.1) is 0 Å². The van der Waals surface area contributed by atoms with Crippen molar-refractivity contribution in [2.24, 2.45) is 0 Å². The largest absolute Gasteiger partial charge is 0.334 e. The van der Waals surface area contributed by atoms with Gasteiger partial charge in [-0.3, -0.25) is 9.59 Å². The van der Waals surface area contributed by atoms with Gasteiger partial charge in [0.2, 0.25) is 11.8 Å². The van der Waals surface area contributed by atoms with E-state index in [2.05, 4.69) is 0 Å². The van der Waals surface area contributed by atoms with Crippen LogP contribution in [0.1, 0.15) is 35.6 Å². The maximum absolute atomic E-state index is 13.9. The molecular formula is C33H31N2O2S+. The van der Waals surface area contributed by atoms with Crippen molar-refractivity contribution < 1.29 is 14.2 Å². The number of hydrogen-bond acceptors (Lipinski definition) is 4. The maximum atomic E-state index is 13.9. The van der Waals surface area contributed by atoms with Crippen molar-refractivity contribution in [3.63, 3.8) is 0 Å². The van der Waals surface area contributed by atoms with Gasteiger partial charge in [-0.25, -0.2) is 4.58 Å². The molecule has 1 heterocycles. The van der Waals surface area contributed by atoms with Crippen molar-refractivity contribution in [1.29, 1.82) is 0 Å². The number of thiol groups is 1. The first-order chi connectivity index (χ1) is 18.6. The smallest absolute Gasteiger partial charge is 0.295 e. The molecule has 0 aliphatic carbocycles. The normalized spacial score (nSPS) is 17.0. The second-order valence-corrected chi connectivity index (χ2v) is 9.97. The Balaban J connectivity index is 1.53. The topological polar surface area (TPSA) is 40.4 Å². The summed E-state index contributed by atoms with van der Waals surface area (Å²) in [5.41, 5.74) is 4.05. The summed E-state index contributed by atoms with van der Waals surface area (Å²) in [5.74, 6) is 0.471. The zero-order valence-electron chi connectivity index (χ0n) is 21.2. The number of hydrogen-bond donors (Lipinski definition) is 1. The van der Waals surface area contributed by atoms with Crippen molar-refractivity contribution in [2.45, 2.75) is 37.8 Å². The van der Waals surface area contributed by atoms with Crippen LogP contribution in [0.15, 0.2) is 121 Å². The first-order valence-electron chi connectivity index (χ1n) is 13.0. The molecule has 38 heavy (non-hydrogen) atoms. The van der Waals surface area contributed by atoms with Crippen LogP contribution in [0.3, 0.4) is 0 Å². The molecule has 1 aliphatic rings. The highest BCUT2D eigenvalue weighted by Gasteiger charge is 2.54. The zero-order valence-corrected chi connectivity index (χ0v) is 22.1. The lowest BCUT2D eigenvalue weighted by Crippen LogP contribution is -2.39. The third-order valence-electron chi connectivity index (χ3n) is 7.03. The molecule has 0 spiro atoms. The predicted octanol–water partition coefficient (Wildman–Crippen LogP) is 6.40. The second-order valence-electron chi connectivity index (χ2n) is 9.53. The molecule has 0 bridgehead atoms. The van der Waals surface area contributed by atoms with E-state index >= 15 is 0 Å². The predicted molar refractivity (Wildman–Crippen MR) is 155 cm³/mol. The molecule has 0 amide bonds. The lowest BCUT2D eigenvalue weighted by atomic mass is 9.93. The number of rotatable bonds is 10. The number of carbonyl (C=O) groups excluding carboxylic acids is 2. The number of benzene rings is 4. The number of aryl methyl sites for hydroxylation is 2. The van der Waals surface area contributed by atoms with Gasteiger partial charge in [0.05, 0.1) is 0 Å². The average molecular weight is 520 g/mol. The van der Waals surface area contributed by atoms with Crippen LogP contribution in [-0.4, -0.2) is 32.3 Å². The van der Waals surface area contributed by atoms with Gasteiger partial charge in [-0.15, -0.1) is 0 Å². The van der Waals surface area contributed by atoms with Gasteiger partial charge >= 0.3 is 5.84 Å². The Labute approximate surface area is 229 Å². The minimum Gasteiger partial charge on any atom is -0.295 e. The van der Waals surface area contributed by atoms with Gasteiger partial charge in [0, 0.05) is 31.2 Å². The molecule has 0 aromatic heterocycles. The summed E-state index contributed by atoms with van der Waals surface area (Å²) in [6.45, 7) is 0. The highest BCUT2D eigenvalue weighted by Crippen LogP contribution is 2.38. The fourth-order valence-electron chi connectivity index (χ4n) is 5.15. The molecule has 0 radical (unpaired) electrons. The molecule has 5 rings (SSSR count). The van der Waals surface area contributed by atoms with Crippen molar-refractivity contribution in [3.05, 3.63) is 138 Å². The highest BCUT2D eigenvalue weighted by molar-refractivity contribution is 7.78. The van der Waals surface area contributed by atoms with Gasteiger partial charge in [-0.2, -0.15) is 4.31 Å². The molecule has 4 aromatic carbocycles. The SMILES string of the molecule is O=C(CCc1ccccc1)C1=[N+](c2ccccc2)C(c2ccccc2)C(C(=O)CCc2ccccc2)N1S. The molecule has 190 valence electrons. The monoisotopic (exact) mass is 519 g/mol. The number of amidine groups is 1. The third kappa shape index (κ3) is 5.63. The highest BCUT2D eigenvalue weighted by atomic mass is 32.1. The molecule has 2 atom stereocenters. The summed E-state index contributed by atoms with van der Waals surface area (Å²) in [7, 11) is 0. The summed E-state index contributed by atoms with van der Waals surface area (Å²) in [4.78, 5) is 27.8. The van der Waals surface area contributed by atoms with E-state index in [0.717, 1.165) is 22.4 Å². The van der Waals surface area contributed by atoms with E-state index in [1.54, 1.807) is 4.31 Å². The Morgan fingerprint density at radius 2 is 1.13 bits per heavy atom. The van der Waals surface area contributed by atoms with Crippen LogP contribution >= 0.6 is 12.8 Å². The minimum atomic E-state index is -0.611. The number of Topliss-reactive ketones (excluding diaryl/α,β-unsaturated/α-hetero) is 2. The van der Waals surface area contributed by atoms with Crippen molar-refractivity contribution in [2.75, 3.05) is 0 Å². The molecule has 5 heteroatoms. The number of carbonyl (C=O) groups is 2. The van der Waals surface area contributed by atoms with Crippen LogP contribution in [0.25, 0.3) is 0 Å². The zero-order chi connectivity index (χ0) is 26.3. The van der Waals surface area contributed by atoms with E-state index < -0.39 is 6.04 Å². The van der Waals surface area contributed by atoms with Crippen LogP contribution in [0.4, 0.5) is 5.69 Å². The van der Waals surface area contributed by atoms with E-state index in [-0.39, 0.29) is 17.6 Å². The molecule has 4 nitrogen and oxygen atoms in total. The van der Waals surface area contributed by atoms with Gasteiger partial charge < -0.3 is 0 Å². The van der Waals surface area contributed by atoms with E-state index in [1.807, 2.05) is 126 Å². The quantitative estimate of drug-likeness (QED) is 0.195. The van der Waals surface area contributed by atoms with Crippen molar-refractivity contribution in [3.8, 4) is 0 Å². The van der Waals surface area contributed by atoms with E-state index in [4.69, 9.17) is 12.8 Å². The van der Waals surface area contributed by atoms with Crippen molar-refractivity contribution in [1.82, 2.24) is 4.31 Å². The first-order valence-corrected chi connectivity index (χ1v) is 13.4. The molecular weight excluding hydrogens is 488 g/mol. The second kappa shape index (κ2) is 12.1. The van der Waals surface area contributed by atoms with Gasteiger partial charge in [-0.05, 0) is 36.1 Å².